The zero-order chi connectivity index (χ0) is 14.3. The second kappa shape index (κ2) is 6.98. The highest BCUT2D eigenvalue weighted by Gasteiger charge is 2.18. The van der Waals surface area contributed by atoms with Crippen molar-refractivity contribution in [2.75, 3.05) is 11.9 Å². The lowest BCUT2D eigenvalue weighted by Crippen LogP contribution is -2.43. The summed E-state index contributed by atoms with van der Waals surface area (Å²) in [6.45, 7) is -0.339. The number of benzene rings is 1. The maximum atomic E-state index is 11.5. The van der Waals surface area contributed by atoms with E-state index in [1.807, 2.05) is 6.07 Å². The predicted molar refractivity (Wildman–Crippen MR) is 66.4 cm³/mol. The summed E-state index contributed by atoms with van der Waals surface area (Å²) in [5, 5.41) is 30.7. The van der Waals surface area contributed by atoms with E-state index in [1.165, 1.54) is 24.3 Å². The summed E-state index contributed by atoms with van der Waals surface area (Å²) in [4.78, 5) is 22.3. The molecule has 0 bridgehead atoms. The molecule has 0 aliphatic heterocycles. The molecule has 2 amide bonds. The summed E-state index contributed by atoms with van der Waals surface area (Å²) in [5.74, 6) is -1.22. The number of nitriles is 1. The van der Waals surface area contributed by atoms with E-state index in [1.54, 1.807) is 0 Å². The Morgan fingerprint density at radius 3 is 2.42 bits per heavy atom. The van der Waals surface area contributed by atoms with Gasteiger partial charge in [0.15, 0.2) is 0 Å². The normalized spacial score (nSPS) is 11.2. The van der Waals surface area contributed by atoms with Crippen molar-refractivity contribution in [3.63, 3.8) is 0 Å². The third kappa shape index (κ3) is 4.65. The zero-order valence-electron chi connectivity index (χ0n) is 9.96. The van der Waals surface area contributed by atoms with Gasteiger partial charge in [0.05, 0.1) is 11.6 Å². The van der Waals surface area contributed by atoms with Crippen LogP contribution in [0.3, 0.4) is 0 Å². The fourth-order valence-corrected chi connectivity index (χ4v) is 1.34. The maximum Gasteiger partial charge on any atom is 0.326 e. The second-order valence-electron chi connectivity index (χ2n) is 3.69. The minimum Gasteiger partial charge on any atom is -0.480 e. The zero-order valence-corrected chi connectivity index (χ0v) is 9.96. The maximum absolute atomic E-state index is 11.5. The van der Waals surface area contributed by atoms with Crippen molar-refractivity contribution < 1.29 is 19.8 Å². The number of amides is 2. The number of hydrogen-bond donors (Lipinski definition) is 4. The molecule has 0 radical (unpaired) electrons. The van der Waals surface area contributed by atoms with Crippen LogP contribution >= 0.6 is 0 Å². The fourth-order valence-electron chi connectivity index (χ4n) is 1.34. The molecule has 0 saturated carbocycles. The first kappa shape index (κ1) is 14.5. The molecule has 1 atom stereocenters. The second-order valence-corrected chi connectivity index (χ2v) is 3.69. The van der Waals surface area contributed by atoms with Crippen molar-refractivity contribution in [3.8, 4) is 6.07 Å². The molecule has 19 heavy (non-hydrogen) atoms. The lowest BCUT2D eigenvalue weighted by molar-refractivity contribution is -0.139. The van der Waals surface area contributed by atoms with Crippen molar-refractivity contribution in [1.29, 1.82) is 5.26 Å². The smallest absolute Gasteiger partial charge is 0.326 e. The minimum absolute atomic E-state index is 0.0733. The third-order valence-corrected chi connectivity index (χ3v) is 2.29. The Balaban J connectivity index is 2.58. The highest BCUT2D eigenvalue weighted by Crippen LogP contribution is 2.08. The molecule has 0 aliphatic carbocycles. The number of carboxylic acid groups (broad SMARTS) is 1. The quantitative estimate of drug-likeness (QED) is 0.616. The van der Waals surface area contributed by atoms with E-state index in [0.29, 0.717) is 11.3 Å². The molecule has 100 valence electrons. The van der Waals surface area contributed by atoms with Gasteiger partial charge in [-0.2, -0.15) is 5.26 Å². The van der Waals surface area contributed by atoms with Crippen molar-refractivity contribution in [3.05, 3.63) is 29.8 Å². The monoisotopic (exact) mass is 263 g/mol. The van der Waals surface area contributed by atoms with E-state index in [9.17, 15) is 9.59 Å². The van der Waals surface area contributed by atoms with Crippen molar-refractivity contribution >= 4 is 17.7 Å². The largest absolute Gasteiger partial charge is 0.480 e. The highest BCUT2D eigenvalue weighted by atomic mass is 16.4. The van der Waals surface area contributed by atoms with E-state index >= 15 is 0 Å². The van der Waals surface area contributed by atoms with Gasteiger partial charge in [0.25, 0.3) is 0 Å². The molecule has 0 unspecified atom stereocenters. The molecular formula is C12H13N3O4. The molecular weight excluding hydrogens is 250 g/mol. The van der Waals surface area contributed by atoms with Gasteiger partial charge in [0.1, 0.15) is 6.04 Å². The first-order valence-electron chi connectivity index (χ1n) is 5.48. The summed E-state index contributed by atoms with van der Waals surface area (Å²) >= 11 is 0. The number of nitrogens with one attached hydrogen (secondary N) is 2. The molecule has 0 fully saturated rings. The standard InChI is InChI=1S/C12H13N3O4/c13-7-8-1-3-9(4-2-8)14-12(19)15-10(5-6-16)11(17)18/h1-4,10,16H,5-6H2,(H,17,18)(H2,14,15,19)/t10-/m0/s1. The van der Waals surface area contributed by atoms with E-state index < -0.39 is 18.0 Å². The minimum atomic E-state index is -1.22. The van der Waals surface area contributed by atoms with Gasteiger partial charge in [-0.1, -0.05) is 0 Å². The average molecular weight is 263 g/mol. The van der Waals surface area contributed by atoms with Crippen LogP contribution in [0.5, 0.6) is 0 Å². The molecule has 0 aliphatic rings. The van der Waals surface area contributed by atoms with Crippen LogP contribution in [-0.4, -0.2) is 34.9 Å². The Morgan fingerprint density at radius 2 is 1.95 bits per heavy atom. The average Bonchev–Trinajstić information content (AvgIpc) is 2.39. The lowest BCUT2D eigenvalue weighted by Gasteiger charge is -2.13. The Bertz CT molecular complexity index is 493. The van der Waals surface area contributed by atoms with Crippen molar-refractivity contribution in [2.24, 2.45) is 0 Å². The topological polar surface area (TPSA) is 122 Å². The number of hydrogen-bond acceptors (Lipinski definition) is 4. The Morgan fingerprint density at radius 1 is 1.32 bits per heavy atom. The lowest BCUT2D eigenvalue weighted by atomic mass is 10.2. The van der Waals surface area contributed by atoms with Gasteiger partial charge in [0.2, 0.25) is 0 Å². The summed E-state index contributed by atoms with van der Waals surface area (Å²) < 4.78 is 0. The van der Waals surface area contributed by atoms with E-state index in [0.717, 1.165) is 0 Å². The molecule has 1 aromatic carbocycles. The van der Waals surface area contributed by atoms with Crippen LogP contribution in [0.1, 0.15) is 12.0 Å². The van der Waals surface area contributed by atoms with Gasteiger partial charge in [-0.15, -0.1) is 0 Å². The molecule has 1 aromatic rings. The molecule has 0 heterocycles. The van der Waals surface area contributed by atoms with Gasteiger partial charge in [0, 0.05) is 18.7 Å². The number of urea groups is 1. The van der Waals surface area contributed by atoms with Crippen LogP contribution in [0.2, 0.25) is 0 Å². The van der Waals surface area contributed by atoms with Crippen molar-refractivity contribution in [2.45, 2.75) is 12.5 Å². The van der Waals surface area contributed by atoms with E-state index in [4.69, 9.17) is 15.5 Å². The van der Waals surface area contributed by atoms with Gasteiger partial charge < -0.3 is 20.8 Å². The number of carbonyl (C=O) groups is 2. The number of anilines is 1. The number of nitrogens with zero attached hydrogens (tertiary/aromatic N) is 1. The molecule has 7 heteroatoms. The van der Waals surface area contributed by atoms with Crippen molar-refractivity contribution in [1.82, 2.24) is 5.32 Å². The number of rotatable bonds is 5. The van der Waals surface area contributed by atoms with Crippen LogP contribution in [0.4, 0.5) is 10.5 Å². The summed E-state index contributed by atoms with van der Waals surface area (Å²) in [6.07, 6.45) is -0.0733. The fraction of sp³-hybridized carbons (Fsp3) is 0.250. The number of carbonyl (C=O) groups excluding carboxylic acids is 1. The molecule has 4 N–H and O–H groups in total. The van der Waals surface area contributed by atoms with Gasteiger partial charge >= 0.3 is 12.0 Å². The van der Waals surface area contributed by atoms with Gasteiger partial charge in [-0.25, -0.2) is 9.59 Å². The predicted octanol–water partition coefficient (Wildman–Crippen LogP) is 0.515. The van der Waals surface area contributed by atoms with E-state index in [-0.39, 0.29) is 13.0 Å². The first-order valence-corrected chi connectivity index (χ1v) is 5.48. The van der Waals surface area contributed by atoms with Crippen LogP contribution in [0.25, 0.3) is 0 Å². The molecule has 0 spiro atoms. The van der Waals surface area contributed by atoms with Crippen LogP contribution in [0, 0.1) is 11.3 Å². The Kier molecular flexibility index (Phi) is 5.32. The number of aliphatic carboxylic acids is 1. The third-order valence-electron chi connectivity index (χ3n) is 2.29. The Hall–Kier alpha value is -2.59. The molecule has 0 aromatic heterocycles. The van der Waals surface area contributed by atoms with Gasteiger partial charge in [-0.05, 0) is 24.3 Å². The molecule has 0 saturated heterocycles. The number of aliphatic hydroxyl groups is 1. The molecule has 7 nitrogen and oxygen atoms in total. The van der Waals surface area contributed by atoms with E-state index in [2.05, 4.69) is 10.6 Å². The highest BCUT2D eigenvalue weighted by molar-refractivity contribution is 5.92. The first-order chi connectivity index (χ1) is 9.06. The van der Waals surface area contributed by atoms with Crippen LogP contribution in [-0.2, 0) is 4.79 Å². The summed E-state index contributed by atoms with van der Waals surface area (Å²) in [5.41, 5.74) is 0.888. The SMILES string of the molecule is N#Cc1ccc(NC(=O)N[C@@H](CCO)C(=O)O)cc1. The van der Waals surface area contributed by atoms with Crippen LogP contribution < -0.4 is 10.6 Å². The summed E-state index contributed by atoms with van der Waals surface area (Å²) in [6, 6.07) is 6.21. The molecule has 1 rings (SSSR count). The van der Waals surface area contributed by atoms with Gasteiger partial charge in [-0.3, -0.25) is 0 Å². The Labute approximate surface area is 109 Å². The number of aliphatic hydroxyl groups excluding tert-OH is 1. The number of carboxylic acids is 1. The van der Waals surface area contributed by atoms with Crippen LogP contribution in [0.15, 0.2) is 24.3 Å². The summed E-state index contributed by atoms with van der Waals surface area (Å²) in [7, 11) is 0.